The molecule has 0 unspecified atom stereocenters. The number of allylic oxidation sites excluding steroid dienone is 1. The largest absolute Gasteiger partial charge is 0.396 e. The van der Waals surface area contributed by atoms with Crippen LogP contribution in [0.4, 0.5) is 4.39 Å². The van der Waals surface area contributed by atoms with Crippen LogP contribution in [0.5, 0.6) is 0 Å². The first-order valence-corrected chi connectivity index (χ1v) is 8.83. The van der Waals surface area contributed by atoms with E-state index in [1.807, 2.05) is 0 Å². The van der Waals surface area contributed by atoms with Crippen molar-refractivity contribution in [2.24, 2.45) is 5.41 Å². The molecule has 2 rings (SSSR count). The number of hydrogen-bond acceptors (Lipinski definition) is 3. The second kappa shape index (κ2) is 6.66. The van der Waals surface area contributed by atoms with Gasteiger partial charge in [0.2, 0.25) is 10.0 Å². The van der Waals surface area contributed by atoms with Crippen LogP contribution < -0.4 is 0 Å². The lowest BCUT2D eigenvalue weighted by Crippen LogP contribution is -2.47. The minimum atomic E-state index is -3.82. The van der Waals surface area contributed by atoms with E-state index in [0.717, 1.165) is 18.6 Å². The molecule has 0 aliphatic carbocycles. The normalized spacial score (nSPS) is 23.4. The summed E-state index contributed by atoms with van der Waals surface area (Å²) in [5, 5.41) is 9.54. The summed E-state index contributed by atoms with van der Waals surface area (Å²) < 4.78 is 39.9. The van der Waals surface area contributed by atoms with Crippen LogP contribution >= 0.6 is 11.6 Å². The van der Waals surface area contributed by atoms with Crippen molar-refractivity contribution in [3.05, 3.63) is 41.7 Å². The molecule has 122 valence electrons. The van der Waals surface area contributed by atoms with Crippen LogP contribution in [0.15, 0.2) is 35.7 Å². The monoisotopic (exact) mass is 347 g/mol. The zero-order valence-corrected chi connectivity index (χ0v) is 13.7. The fourth-order valence-corrected chi connectivity index (χ4v) is 4.95. The first kappa shape index (κ1) is 17.4. The fraction of sp³-hybridized carbons (Fsp3) is 0.467. The molecule has 4 nitrogen and oxygen atoms in total. The van der Waals surface area contributed by atoms with E-state index in [9.17, 15) is 17.9 Å². The number of piperidine rings is 1. The molecule has 1 saturated heterocycles. The van der Waals surface area contributed by atoms with Crippen molar-refractivity contribution in [3.63, 3.8) is 0 Å². The second-order valence-electron chi connectivity index (χ2n) is 5.67. The molecule has 0 bridgehead atoms. The molecular formula is C15H19ClFNO3S. The lowest BCUT2D eigenvalue weighted by atomic mass is 9.79. The smallest absolute Gasteiger partial charge is 0.244 e. The molecule has 22 heavy (non-hydrogen) atoms. The van der Waals surface area contributed by atoms with Crippen LogP contribution in [0, 0.1) is 11.2 Å². The number of sulfonamides is 1. The van der Waals surface area contributed by atoms with Gasteiger partial charge in [0, 0.05) is 18.5 Å². The summed E-state index contributed by atoms with van der Waals surface area (Å²) in [7, 11) is -3.82. The summed E-state index contributed by atoms with van der Waals surface area (Å²) in [6.07, 6.45) is 3.61. The van der Waals surface area contributed by atoms with Crippen LogP contribution in [0.1, 0.15) is 19.3 Å². The highest BCUT2D eigenvalue weighted by molar-refractivity contribution is 7.89. The summed E-state index contributed by atoms with van der Waals surface area (Å²) >= 11 is 5.89. The minimum absolute atomic E-state index is 0.108. The van der Waals surface area contributed by atoms with E-state index < -0.39 is 21.3 Å². The molecule has 1 aliphatic rings. The predicted molar refractivity (Wildman–Crippen MR) is 83.7 cm³/mol. The maximum atomic E-state index is 13.1. The molecule has 1 aromatic rings. The van der Waals surface area contributed by atoms with Crippen LogP contribution in [0.25, 0.3) is 0 Å². The van der Waals surface area contributed by atoms with Crippen molar-refractivity contribution in [1.29, 1.82) is 0 Å². The van der Waals surface area contributed by atoms with E-state index in [1.165, 1.54) is 10.4 Å². The number of aliphatic hydroxyl groups excluding tert-OH is 1. The Balaban J connectivity index is 2.34. The lowest BCUT2D eigenvalue weighted by molar-refractivity contribution is 0.0669. The molecular weight excluding hydrogens is 329 g/mol. The zero-order chi connectivity index (χ0) is 16.4. The highest BCUT2D eigenvalue weighted by Gasteiger charge is 2.39. The Labute approximate surface area is 135 Å². The van der Waals surface area contributed by atoms with Gasteiger partial charge < -0.3 is 5.11 Å². The average Bonchev–Trinajstić information content (AvgIpc) is 2.47. The molecule has 0 radical (unpaired) electrons. The van der Waals surface area contributed by atoms with Gasteiger partial charge in [-0.1, -0.05) is 17.7 Å². The molecule has 0 amide bonds. The van der Waals surface area contributed by atoms with E-state index >= 15 is 0 Å². The van der Waals surface area contributed by atoms with Gasteiger partial charge in [0.25, 0.3) is 0 Å². The summed E-state index contributed by atoms with van der Waals surface area (Å²) in [6, 6.07) is 3.24. The molecule has 1 fully saturated rings. The predicted octanol–water partition coefficient (Wildman–Crippen LogP) is 2.82. The molecule has 0 spiro atoms. The number of benzene rings is 1. The summed E-state index contributed by atoms with van der Waals surface area (Å²) in [6.45, 7) is 4.12. The average molecular weight is 348 g/mol. The minimum Gasteiger partial charge on any atom is -0.396 e. The van der Waals surface area contributed by atoms with Gasteiger partial charge in [-0.05, 0) is 37.5 Å². The molecule has 0 saturated carbocycles. The Morgan fingerprint density at radius 1 is 1.50 bits per heavy atom. The van der Waals surface area contributed by atoms with E-state index in [0.29, 0.717) is 19.4 Å². The topological polar surface area (TPSA) is 57.6 Å². The Morgan fingerprint density at radius 3 is 2.82 bits per heavy atom. The van der Waals surface area contributed by atoms with Gasteiger partial charge in [-0.15, -0.1) is 6.58 Å². The molecule has 1 atom stereocenters. The quantitative estimate of drug-likeness (QED) is 0.833. The summed E-state index contributed by atoms with van der Waals surface area (Å²) in [5.74, 6) is -0.584. The van der Waals surface area contributed by atoms with Crippen LogP contribution in [0.3, 0.4) is 0 Å². The van der Waals surface area contributed by atoms with E-state index in [2.05, 4.69) is 6.58 Å². The van der Waals surface area contributed by atoms with Gasteiger partial charge in [-0.25, -0.2) is 12.8 Å². The zero-order valence-electron chi connectivity index (χ0n) is 12.1. The van der Waals surface area contributed by atoms with E-state index in [4.69, 9.17) is 11.6 Å². The van der Waals surface area contributed by atoms with Gasteiger partial charge in [0.05, 0.1) is 11.6 Å². The van der Waals surface area contributed by atoms with Gasteiger partial charge >= 0.3 is 0 Å². The molecule has 0 aromatic heterocycles. The highest BCUT2D eigenvalue weighted by atomic mass is 35.5. The highest BCUT2D eigenvalue weighted by Crippen LogP contribution is 2.36. The van der Waals surface area contributed by atoms with Crippen LogP contribution in [-0.2, 0) is 10.0 Å². The molecule has 1 aliphatic heterocycles. The first-order chi connectivity index (χ1) is 10.3. The maximum absolute atomic E-state index is 13.1. The Kier molecular flexibility index (Phi) is 5.27. The van der Waals surface area contributed by atoms with E-state index in [1.54, 1.807) is 6.08 Å². The number of hydrogen-bond donors (Lipinski definition) is 1. The summed E-state index contributed by atoms with van der Waals surface area (Å²) in [5.41, 5.74) is -0.514. The van der Waals surface area contributed by atoms with E-state index in [-0.39, 0.29) is 23.1 Å². The Hall–Kier alpha value is -0.950. The molecule has 1 heterocycles. The third-order valence-corrected chi connectivity index (χ3v) is 6.38. The Bertz CT molecular complexity index is 665. The SMILES string of the molecule is C=CC[C@]1(CO)CCCN(S(=O)(=O)c2ccc(F)cc2Cl)C1. The fourth-order valence-electron chi connectivity index (χ4n) is 2.86. The third-order valence-electron chi connectivity index (χ3n) is 4.05. The lowest BCUT2D eigenvalue weighted by Gasteiger charge is -2.40. The maximum Gasteiger partial charge on any atom is 0.244 e. The molecule has 7 heteroatoms. The Morgan fingerprint density at radius 2 is 2.23 bits per heavy atom. The van der Waals surface area contributed by atoms with Crippen molar-refractivity contribution in [3.8, 4) is 0 Å². The first-order valence-electron chi connectivity index (χ1n) is 7.02. The van der Waals surface area contributed by atoms with Gasteiger partial charge in [0.1, 0.15) is 10.7 Å². The molecule has 1 N–H and O–H groups in total. The van der Waals surface area contributed by atoms with Gasteiger partial charge in [0.15, 0.2) is 0 Å². The number of nitrogens with zero attached hydrogens (tertiary/aromatic N) is 1. The second-order valence-corrected chi connectivity index (χ2v) is 7.98. The number of halogens is 2. The van der Waals surface area contributed by atoms with Crippen molar-refractivity contribution in [1.82, 2.24) is 4.31 Å². The van der Waals surface area contributed by atoms with Gasteiger partial charge in [-0.3, -0.25) is 0 Å². The number of aliphatic hydroxyl groups is 1. The van der Waals surface area contributed by atoms with Crippen LogP contribution in [-0.4, -0.2) is 37.5 Å². The van der Waals surface area contributed by atoms with Gasteiger partial charge in [-0.2, -0.15) is 4.31 Å². The summed E-state index contributed by atoms with van der Waals surface area (Å²) in [4.78, 5) is -0.108. The van der Waals surface area contributed by atoms with Crippen molar-refractivity contribution >= 4 is 21.6 Å². The molecule has 1 aromatic carbocycles. The van der Waals surface area contributed by atoms with Crippen LogP contribution in [0.2, 0.25) is 5.02 Å². The van der Waals surface area contributed by atoms with Crippen molar-refractivity contribution in [2.45, 2.75) is 24.2 Å². The van der Waals surface area contributed by atoms with Crippen molar-refractivity contribution in [2.75, 3.05) is 19.7 Å². The third kappa shape index (κ3) is 3.35. The number of rotatable bonds is 5. The standard InChI is InChI=1S/C15H19ClFNO3S/c1-2-6-15(11-19)7-3-8-18(10-15)22(20,21)14-5-4-12(17)9-13(14)16/h2,4-5,9,19H,1,3,6-8,10-11H2/t15-/m0/s1. The van der Waals surface area contributed by atoms with Crippen molar-refractivity contribution < 1.29 is 17.9 Å².